The van der Waals surface area contributed by atoms with Gasteiger partial charge in [-0.05, 0) is 18.6 Å². The summed E-state index contributed by atoms with van der Waals surface area (Å²) in [6.45, 7) is 0.932. The zero-order valence-corrected chi connectivity index (χ0v) is 12.2. The Balaban J connectivity index is 0.00000112. The van der Waals surface area contributed by atoms with E-state index in [1.807, 2.05) is 18.1 Å². The topological polar surface area (TPSA) is 33.2 Å². The molecule has 0 saturated carbocycles. The Hall–Kier alpha value is -0.00364. The van der Waals surface area contributed by atoms with Crippen molar-refractivity contribution in [2.45, 2.75) is 6.42 Å². The van der Waals surface area contributed by atoms with E-state index in [1.165, 1.54) is 0 Å². The molecular weight excluding hydrogens is 215 g/mol. The van der Waals surface area contributed by atoms with Gasteiger partial charge < -0.3 is 4.90 Å². The summed E-state index contributed by atoms with van der Waals surface area (Å²) in [5.74, 6) is 0.0995. The van der Waals surface area contributed by atoms with Crippen LogP contribution in [0.15, 0.2) is 36.3 Å². The van der Waals surface area contributed by atoms with Crippen LogP contribution in [0.1, 0.15) is 16.8 Å². The van der Waals surface area contributed by atoms with Crippen LogP contribution in [0.3, 0.4) is 0 Å². The van der Waals surface area contributed by atoms with Crippen molar-refractivity contribution < 1.29 is 4.79 Å². The van der Waals surface area contributed by atoms with Gasteiger partial charge in [0.2, 0.25) is 0 Å². The van der Waals surface area contributed by atoms with Crippen LogP contribution in [0.25, 0.3) is 0 Å². The van der Waals surface area contributed by atoms with Crippen molar-refractivity contribution >= 4 is 57.2 Å². The van der Waals surface area contributed by atoms with Gasteiger partial charge >= 0.3 is 0 Å². The number of carbonyl (C=O) groups is 1. The summed E-state index contributed by atoms with van der Waals surface area (Å²) in [5.41, 5.74) is 1.55. The molecular formula is C11H12KN2O. The van der Waals surface area contributed by atoms with Gasteiger partial charge in [0, 0.05) is 94.7 Å². The van der Waals surface area contributed by atoms with Crippen molar-refractivity contribution in [3.63, 3.8) is 0 Å². The van der Waals surface area contributed by atoms with E-state index in [9.17, 15) is 4.79 Å². The fourth-order valence-electron chi connectivity index (χ4n) is 1.55. The fraction of sp³-hybridized carbons (Fsp3) is 0.273. The number of aromatic nitrogens is 1. The van der Waals surface area contributed by atoms with Crippen LogP contribution in [0.4, 0.5) is 0 Å². The molecule has 4 heteroatoms. The minimum Gasteiger partial charge on any atom is -0.380 e. The third-order valence-electron chi connectivity index (χ3n) is 2.33. The summed E-state index contributed by atoms with van der Waals surface area (Å²) < 4.78 is 0. The van der Waals surface area contributed by atoms with Crippen LogP contribution in [0.2, 0.25) is 0 Å². The summed E-state index contributed by atoms with van der Waals surface area (Å²) >= 11 is 0. The van der Waals surface area contributed by atoms with Crippen LogP contribution < -0.4 is 0 Å². The molecule has 1 radical (unpaired) electrons. The number of carbonyl (C=O) groups excluding carboxylic acids is 1. The molecule has 1 aliphatic rings. The summed E-state index contributed by atoms with van der Waals surface area (Å²) in [4.78, 5) is 17.8. The first-order valence-corrected chi connectivity index (χ1v) is 4.63. The van der Waals surface area contributed by atoms with Gasteiger partial charge in [0.1, 0.15) is 0 Å². The number of hydrogen-bond donors (Lipinski definition) is 0. The van der Waals surface area contributed by atoms with Gasteiger partial charge in [0.25, 0.3) is 0 Å². The zero-order chi connectivity index (χ0) is 9.97. The molecule has 0 fully saturated rings. The Kier molecular flexibility index (Phi) is 5.15. The van der Waals surface area contributed by atoms with E-state index < -0.39 is 0 Å². The largest absolute Gasteiger partial charge is 0.380 e. The van der Waals surface area contributed by atoms with Gasteiger partial charge in [-0.2, -0.15) is 0 Å². The Morgan fingerprint density at radius 1 is 1.53 bits per heavy atom. The van der Waals surface area contributed by atoms with Gasteiger partial charge in [-0.3, -0.25) is 9.78 Å². The van der Waals surface area contributed by atoms with E-state index in [4.69, 9.17) is 0 Å². The number of Topliss-reactive ketones (excluding diaryl/α,β-unsaturated/α-hetero) is 1. The number of nitrogens with zero attached hydrogens (tertiary/aromatic N) is 2. The van der Waals surface area contributed by atoms with Gasteiger partial charge in [0.05, 0.1) is 0 Å². The van der Waals surface area contributed by atoms with Crippen LogP contribution in [0.5, 0.6) is 0 Å². The predicted molar refractivity (Wildman–Crippen MR) is 59.7 cm³/mol. The molecule has 3 nitrogen and oxygen atoms in total. The third kappa shape index (κ3) is 3.22. The van der Waals surface area contributed by atoms with Crippen LogP contribution in [-0.2, 0) is 0 Å². The molecule has 1 aliphatic heterocycles. The van der Waals surface area contributed by atoms with Crippen molar-refractivity contribution in [1.82, 2.24) is 9.88 Å². The maximum atomic E-state index is 11.9. The van der Waals surface area contributed by atoms with Gasteiger partial charge in [-0.25, -0.2) is 0 Å². The first-order valence-electron chi connectivity index (χ1n) is 4.63. The summed E-state index contributed by atoms with van der Waals surface area (Å²) in [6.07, 6.45) is 6.03. The molecule has 0 unspecified atom stereocenters. The number of hydrogen-bond acceptors (Lipinski definition) is 3. The second kappa shape index (κ2) is 5.91. The monoisotopic (exact) mass is 227 g/mol. The minimum absolute atomic E-state index is 0. The Labute approximate surface area is 132 Å². The Bertz CT molecular complexity index is 375. The molecule has 0 atom stereocenters. The second-order valence-electron chi connectivity index (χ2n) is 3.46. The van der Waals surface area contributed by atoms with E-state index in [0.717, 1.165) is 18.5 Å². The normalized spacial score (nSPS) is 14.5. The van der Waals surface area contributed by atoms with Crippen molar-refractivity contribution in [1.29, 1.82) is 0 Å². The Morgan fingerprint density at radius 2 is 2.33 bits per heavy atom. The number of rotatable bonds is 2. The van der Waals surface area contributed by atoms with Crippen molar-refractivity contribution in [2.75, 3.05) is 13.6 Å². The molecule has 0 aliphatic carbocycles. The van der Waals surface area contributed by atoms with Crippen molar-refractivity contribution in [2.24, 2.45) is 0 Å². The molecule has 0 spiro atoms. The molecule has 2 rings (SSSR count). The van der Waals surface area contributed by atoms with Crippen LogP contribution in [-0.4, -0.2) is 80.6 Å². The average molecular weight is 227 g/mol. The molecule has 0 bridgehead atoms. The molecule has 1 aromatic heterocycles. The molecule has 0 amide bonds. The molecule has 0 N–H and O–H groups in total. The van der Waals surface area contributed by atoms with Crippen molar-refractivity contribution in [3.05, 3.63) is 41.9 Å². The number of ketones is 1. The zero-order valence-electron chi connectivity index (χ0n) is 9.10. The Morgan fingerprint density at radius 3 is 2.87 bits per heavy atom. The quantitative estimate of drug-likeness (QED) is 0.560. The molecule has 1 aromatic rings. The summed E-state index contributed by atoms with van der Waals surface area (Å²) in [6, 6.07) is 3.58. The molecule has 2 heterocycles. The smallest absolute Gasteiger partial charge is 0.192 e. The van der Waals surface area contributed by atoms with Crippen LogP contribution >= 0.6 is 0 Å². The second-order valence-corrected chi connectivity index (χ2v) is 3.46. The SMILES string of the molecule is CN1C=C(C(=O)c2cccnc2)CC1.[K]. The van der Waals surface area contributed by atoms with Gasteiger partial charge in [0.15, 0.2) is 5.78 Å². The van der Waals surface area contributed by atoms with Gasteiger partial charge in [-0.15, -0.1) is 0 Å². The first-order chi connectivity index (χ1) is 6.77. The maximum absolute atomic E-state index is 11.9. The van der Waals surface area contributed by atoms with E-state index in [1.54, 1.807) is 24.5 Å². The average Bonchev–Trinajstić information content (AvgIpc) is 2.65. The summed E-state index contributed by atoms with van der Waals surface area (Å²) in [7, 11) is 1.98. The molecule has 15 heavy (non-hydrogen) atoms. The van der Waals surface area contributed by atoms with E-state index in [2.05, 4.69) is 4.98 Å². The predicted octanol–water partition coefficient (Wildman–Crippen LogP) is 1.10. The molecule has 0 saturated heterocycles. The van der Waals surface area contributed by atoms with E-state index in [-0.39, 0.29) is 57.2 Å². The third-order valence-corrected chi connectivity index (χ3v) is 2.33. The molecule has 0 aromatic carbocycles. The summed E-state index contributed by atoms with van der Waals surface area (Å²) in [5, 5.41) is 0. The first kappa shape index (κ1) is 13.1. The van der Waals surface area contributed by atoms with Crippen molar-refractivity contribution in [3.8, 4) is 0 Å². The van der Waals surface area contributed by atoms with Gasteiger partial charge in [-0.1, -0.05) is 0 Å². The standard InChI is InChI=1S/C11H12N2O.K/c1-13-6-4-10(8-13)11(14)9-3-2-5-12-7-9;/h2-3,5,7-8H,4,6H2,1H3;. The molecule has 73 valence electrons. The fourth-order valence-corrected chi connectivity index (χ4v) is 1.55. The van der Waals surface area contributed by atoms with E-state index in [0.29, 0.717) is 5.56 Å². The maximum Gasteiger partial charge on any atom is 0.192 e. The minimum atomic E-state index is 0. The van der Waals surface area contributed by atoms with E-state index >= 15 is 0 Å². The van der Waals surface area contributed by atoms with Crippen LogP contribution in [0, 0.1) is 0 Å². The number of pyridine rings is 1.